The van der Waals surface area contributed by atoms with E-state index in [0.29, 0.717) is 12.0 Å². The maximum absolute atomic E-state index is 4.87. The predicted molar refractivity (Wildman–Crippen MR) is 99.1 cm³/mol. The molecule has 0 radical (unpaired) electrons. The Morgan fingerprint density at radius 1 is 1.08 bits per heavy atom. The Labute approximate surface area is 142 Å². The molecule has 0 bridgehead atoms. The highest BCUT2D eigenvalue weighted by atomic mass is 15.1. The van der Waals surface area contributed by atoms with Crippen molar-refractivity contribution < 1.29 is 0 Å². The molecule has 0 saturated heterocycles. The lowest BCUT2D eigenvalue weighted by molar-refractivity contribution is 0.349. The predicted octanol–water partition coefficient (Wildman–Crippen LogP) is 4.92. The molecule has 1 saturated carbocycles. The van der Waals surface area contributed by atoms with Crippen molar-refractivity contribution in [2.75, 3.05) is 5.32 Å². The Balaban J connectivity index is 1.77. The molecule has 4 rings (SSSR count). The first-order valence-electron chi connectivity index (χ1n) is 8.90. The van der Waals surface area contributed by atoms with Crippen molar-refractivity contribution in [3.8, 4) is 11.4 Å². The molecule has 1 aliphatic carbocycles. The lowest BCUT2D eigenvalue weighted by Gasteiger charge is -2.30. The van der Waals surface area contributed by atoms with Crippen LogP contribution < -0.4 is 5.32 Å². The van der Waals surface area contributed by atoms with Gasteiger partial charge in [0.25, 0.3) is 0 Å². The van der Waals surface area contributed by atoms with Gasteiger partial charge in [0.2, 0.25) is 0 Å². The van der Waals surface area contributed by atoms with Crippen LogP contribution >= 0.6 is 0 Å². The van der Waals surface area contributed by atoms with E-state index in [1.165, 1.54) is 25.7 Å². The molecule has 4 nitrogen and oxygen atoms in total. The highest BCUT2D eigenvalue weighted by molar-refractivity contribution is 5.89. The average Bonchev–Trinajstić information content (AvgIpc) is 2.98. The van der Waals surface area contributed by atoms with Crippen LogP contribution in [-0.2, 0) is 0 Å². The number of hydrogen-bond acceptors (Lipinski definition) is 3. The topological polar surface area (TPSA) is 53.6 Å². The van der Waals surface area contributed by atoms with Crippen molar-refractivity contribution in [2.24, 2.45) is 5.92 Å². The van der Waals surface area contributed by atoms with Gasteiger partial charge in [-0.2, -0.15) is 0 Å². The lowest BCUT2D eigenvalue weighted by Crippen LogP contribution is -2.30. The van der Waals surface area contributed by atoms with Gasteiger partial charge in [0.1, 0.15) is 11.5 Å². The third-order valence-corrected chi connectivity index (χ3v) is 5.09. The molecule has 0 aliphatic heterocycles. The second-order valence-corrected chi connectivity index (χ2v) is 6.99. The minimum atomic E-state index is 0.496. The summed E-state index contributed by atoms with van der Waals surface area (Å²) in [5, 5.41) is 4.81. The molecule has 1 aromatic carbocycles. The van der Waals surface area contributed by atoms with E-state index >= 15 is 0 Å². The van der Waals surface area contributed by atoms with Crippen LogP contribution in [0.3, 0.4) is 0 Å². The van der Waals surface area contributed by atoms with Gasteiger partial charge in [0, 0.05) is 17.3 Å². The molecule has 24 heavy (non-hydrogen) atoms. The summed E-state index contributed by atoms with van der Waals surface area (Å²) in [5.41, 5.74) is 3.07. The van der Waals surface area contributed by atoms with Crippen molar-refractivity contribution >= 4 is 16.9 Å². The van der Waals surface area contributed by atoms with E-state index in [0.717, 1.165) is 33.9 Å². The standard InChI is InChI=1S/C20H24N4/c1-13-8-6-7-11-17(13)22-20-16-12-14(2)21-19(16)23-18(24-20)15-9-4-3-5-10-15/h3-5,9-10,12-13,17H,6-8,11H2,1-2H3,(H2,21,22,23,24). The number of anilines is 1. The molecule has 2 N–H and O–H groups in total. The smallest absolute Gasteiger partial charge is 0.163 e. The van der Waals surface area contributed by atoms with Gasteiger partial charge < -0.3 is 10.3 Å². The van der Waals surface area contributed by atoms with Crippen molar-refractivity contribution in [2.45, 2.75) is 45.6 Å². The van der Waals surface area contributed by atoms with E-state index in [4.69, 9.17) is 9.97 Å². The van der Waals surface area contributed by atoms with Crippen molar-refractivity contribution in [3.63, 3.8) is 0 Å². The molecule has 2 heterocycles. The molecular weight excluding hydrogens is 296 g/mol. The third kappa shape index (κ3) is 2.88. The minimum Gasteiger partial charge on any atom is -0.366 e. The molecule has 0 spiro atoms. The number of nitrogens with one attached hydrogen (secondary N) is 2. The van der Waals surface area contributed by atoms with Gasteiger partial charge in [-0.1, -0.05) is 50.1 Å². The van der Waals surface area contributed by atoms with E-state index in [9.17, 15) is 0 Å². The largest absolute Gasteiger partial charge is 0.366 e. The Hall–Kier alpha value is -2.36. The van der Waals surface area contributed by atoms with E-state index in [2.05, 4.69) is 42.3 Å². The van der Waals surface area contributed by atoms with E-state index in [1.54, 1.807) is 0 Å². The number of fused-ring (bicyclic) bond motifs is 1. The van der Waals surface area contributed by atoms with Gasteiger partial charge in [0.05, 0.1) is 5.39 Å². The number of hydrogen-bond donors (Lipinski definition) is 2. The second kappa shape index (κ2) is 6.27. The molecule has 124 valence electrons. The minimum absolute atomic E-state index is 0.496. The van der Waals surface area contributed by atoms with E-state index in [1.807, 2.05) is 18.2 Å². The Kier molecular flexibility index (Phi) is 3.97. The highest BCUT2D eigenvalue weighted by Gasteiger charge is 2.23. The van der Waals surface area contributed by atoms with Crippen LogP contribution in [0.5, 0.6) is 0 Å². The lowest BCUT2D eigenvalue weighted by atomic mass is 9.86. The number of nitrogens with zero attached hydrogens (tertiary/aromatic N) is 2. The first-order valence-corrected chi connectivity index (χ1v) is 8.90. The fourth-order valence-electron chi connectivity index (χ4n) is 3.67. The SMILES string of the molecule is Cc1cc2c(NC3CCCCC3C)nc(-c3ccccc3)nc2[nH]1. The number of benzene rings is 1. The van der Waals surface area contributed by atoms with Gasteiger partial charge in [-0.3, -0.25) is 0 Å². The summed E-state index contributed by atoms with van der Waals surface area (Å²) in [4.78, 5) is 13.0. The fourth-order valence-corrected chi connectivity index (χ4v) is 3.67. The first kappa shape index (κ1) is 15.2. The van der Waals surface area contributed by atoms with Crippen LogP contribution in [0.1, 0.15) is 38.3 Å². The Morgan fingerprint density at radius 2 is 1.88 bits per heavy atom. The summed E-state index contributed by atoms with van der Waals surface area (Å²) in [6.45, 7) is 4.41. The zero-order valence-corrected chi connectivity index (χ0v) is 14.3. The number of aryl methyl sites for hydroxylation is 1. The van der Waals surface area contributed by atoms with E-state index < -0.39 is 0 Å². The number of aromatic amines is 1. The molecule has 2 atom stereocenters. The van der Waals surface area contributed by atoms with Gasteiger partial charge in [0.15, 0.2) is 5.82 Å². The van der Waals surface area contributed by atoms with Crippen LogP contribution in [0, 0.1) is 12.8 Å². The molecule has 1 fully saturated rings. The number of aromatic nitrogens is 3. The van der Waals surface area contributed by atoms with Crippen LogP contribution in [0.15, 0.2) is 36.4 Å². The van der Waals surface area contributed by atoms with Crippen molar-refractivity contribution in [1.82, 2.24) is 15.0 Å². The normalized spacial score (nSPS) is 21.1. The maximum Gasteiger partial charge on any atom is 0.163 e. The van der Waals surface area contributed by atoms with Crippen LogP contribution in [0.4, 0.5) is 5.82 Å². The zero-order chi connectivity index (χ0) is 16.5. The average molecular weight is 320 g/mol. The highest BCUT2D eigenvalue weighted by Crippen LogP contribution is 2.30. The molecule has 2 unspecified atom stereocenters. The van der Waals surface area contributed by atoms with Gasteiger partial charge in [-0.25, -0.2) is 9.97 Å². The zero-order valence-electron chi connectivity index (χ0n) is 14.3. The summed E-state index contributed by atoms with van der Waals surface area (Å²) < 4.78 is 0. The number of H-pyrrole nitrogens is 1. The summed E-state index contributed by atoms with van der Waals surface area (Å²) in [6.07, 6.45) is 5.16. The quantitative estimate of drug-likeness (QED) is 0.720. The summed E-state index contributed by atoms with van der Waals surface area (Å²) in [7, 11) is 0. The molecule has 3 aromatic rings. The van der Waals surface area contributed by atoms with E-state index in [-0.39, 0.29) is 0 Å². The van der Waals surface area contributed by atoms with Gasteiger partial charge >= 0.3 is 0 Å². The molecule has 1 aliphatic rings. The monoisotopic (exact) mass is 320 g/mol. The van der Waals surface area contributed by atoms with Crippen molar-refractivity contribution in [3.05, 3.63) is 42.1 Å². The van der Waals surface area contributed by atoms with Crippen molar-refractivity contribution in [1.29, 1.82) is 0 Å². The van der Waals surface area contributed by atoms with Crippen LogP contribution in [-0.4, -0.2) is 21.0 Å². The summed E-state index contributed by atoms with van der Waals surface area (Å²) >= 11 is 0. The Morgan fingerprint density at radius 3 is 2.67 bits per heavy atom. The Bertz CT molecular complexity index is 837. The third-order valence-electron chi connectivity index (χ3n) is 5.09. The number of rotatable bonds is 3. The fraction of sp³-hybridized carbons (Fsp3) is 0.400. The molecular formula is C20H24N4. The first-order chi connectivity index (χ1) is 11.7. The summed E-state index contributed by atoms with van der Waals surface area (Å²) in [5.74, 6) is 2.42. The summed E-state index contributed by atoms with van der Waals surface area (Å²) in [6, 6.07) is 12.8. The van der Waals surface area contributed by atoms with Gasteiger partial charge in [-0.05, 0) is 31.7 Å². The van der Waals surface area contributed by atoms with Crippen LogP contribution in [0.2, 0.25) is 0 Å². The molecule has 0 amide bonds. The molecule has 4 heteroatoms. The maximum atomic E-state index is 4.87. The van der Waals surface area contributed by atoms with Crippen LogP contribution in [0.25, 0.3) is 22.4 Å². The molecule has 2 aromatic heterocycles. The second-order valence-electron chi connectivity index (χ2n) is 6.99. The van der Waals surface area contributed by atoms with Gasteiger partial charge in [-0.15, -0.1) is 0 Å².